The minimum atomic E-state index is -0.303. The van der Waals surface area contributed by atoms with Crippen molar-refractivity contribution in [2.24, 2.45) is 4.99 Å². The second-order valence-corrected chi connectivity index (χ2v) is 12.7. The summed E-state index contributed by atoms with van der Waals surface area (Å²) >= 11 is 0. The van der Waals surface area contributed by atoms with Crippen molar-refractivity contribution < 1.29 is 0 Å². The lowest BCUT2D eigenvalue weighted by Gasteiger charge is -2.28. The Bertz CT molecular complexity index is 2140. The topological polar surface area (TPSA) is 91.7 Å². The van der Waals surface area contributed by atoms with E-state index < -0.39 is 0 Å². The van der Waals surface area contributed by atoms with Crippen LogP contribution in [0.5, 0.6) is 0 Å². The van der Waals surface area contributed by atoms with E-state index in [1.807, 2.05) is 12.1 Å². The lowest BCUT2D eigenvalue weighted by Crippen LogP contribution is -2.30. The van der Waals surface area contributed by atoms with Gasteiger partial charge in [-0.2, -0.15) is 0 Å². The molecular formula is C43H40N6. The Morgan fingerprint density at radius 1 is 0.735 bits per heavy atom. The van der Waals surface area contributed by atoms with Crippen molar-refractivity contribution in [2.75, 3.05) is 21.7 Å². The van der Waals surface area contributed by atoms with Gasteiger partial charge in [0.05, 0.1) is 28.5 Å². The first-order valence-corrected chi connectivity index (χ1v) is 17.1. The Morgan fingerprint density at radius 3 is 2.27 bits per heavy atom. The highest BCUT2D eigenvalue weighted by Crippen LogP contribution is 2.44. The van der Waals surface area contributed by atoms with Crippen LogP contribution in [0, 0.1) is 0 Å². The van der Waals surface area contributed by atoms with Crippen LogP contribution < -0.4 is 27.0 Å². The Balaban J connectivity index is 1.13. The molecule has 5 aromatic carbocycles. The van der Waals surface area contributed by atoms with Crippen LogP contribution in [0.1, 0.15) is 43.5 Å². The first kappa shape index (κ1) is 30.3. The quantitative estimate of drug-likeness (QED) is 0.133. The summed E-state index contributed by atoms with van der Waals surface area (Å²) in [7, 11) is 0. The molecule has 1 aliphatic carbocycles. The SMILES string of the molecule is CCC1Nc2ccccc2N1c1ccc(-c2ccc(-c3ccccc3C3N=C(c4ccccc4)C=C(C4=CC=CCC4)N3)c(N)c2N)cc1. The molecular weight excluding hydrogens is 601 g/mol. The third-order valence-electron chi connectivity index (χ3n) is 9.74. The summed E-state index contributed by atoms with van der Waals surface area (Å²) in [6, 6.07) is 40.0. The van der Waals surface area contributed by atoms with Gasteiger partial charge in [-0.15, -0.1) is 0 Å². The highest BCUT2D eigenvalue weighted by Gasteiger charge is 2.28. The normalized spacial score (nSPS) is 18.1. The van der Waals surface area contributed by atoms with Crippen LogP contribution in [0.4, 0.5) is 28.4 Å². The van der Waals surface area contributed by atoms with Crippen molar-refractivity contribution in [3.05, 3.63) is 162 Å². The summed E-state index contributed by atoms with van der Waals surface area (Å²) in [5, 5.41) is 7.40. The van der Waals surface area contributed by atoms with E-state index in [1.165, 1.54) is 11.3 Å². The molecule has 0 saturated carbocycles. The molecule has 8 rings (SSSR count). The zero-order chi connectivity index (χ0) is 33.3. The standard InChI is InChI=1S/C43H40N6/c1-2-40-46-36-19-11-12-20-39(36)49(40)31-23-21-28(22-24-31)32-25-26-34(42(45)41(32)44)33-17-9-10-18-35(33)43-47-37(29-13-5-3-6-14-29)27-38(48-43)30-15-7-4-8-16-30/h3-7,9-15,17-27,40,43,46,48H,2,8,16,44-45H2,1H3. The van der Waals surface area contributed by atoms with E-state index >= 15 is 0 Å². The number of anilines is 5. The summed E-state index contributed by atoms with van der Waals surface area (Å²) in [6.07, 6.45) is 11.6. The largest absolute Gasteiger partial charge is 0.397 e. The van der Waals surface area contributed by atoms with Crippen molar-refractivity contribution in [3.63, 3.8) is 0 Å². The average Bonchev–Trinajstić information content (AvgIpc) is 3.55. The van der Waals surface area contributed by atoms with E-state index in [4.69, 9.17) is 16.5 Å². The van der Waals surface area contributed by atoms with Gasteiger partial charge in [-0.05, 0) is 71.9 Å². The molecule has 6 heteroatoms. The van der Waals surface area contributed by atoms with Crippen LogP contribution >= 0.6 is 0 Å². The van der Waals surface area contributed by atoms with Crippen molar-refractivity contribution in [3.8, 4) is 22.3 Å². The predicted octanol–water partition coefficient (Wildman–Crippen LogP) is 9.74. The number of aliphatic imine (C=N–C) groups is 1. The van der Waals surface area contributed by atoms with Crippen LogP contribution in [0.25, 0.3) is 22.3 Å². The average molecular weight is 641 g/mol. The van der Waals surface area contributed by atoms with E-state index in [0.717, 1.165) is 75.4 Å². The lowest BCUT2D eigenvalue weighted by molar-refractivity contribution is 0.620. The third-order valence-corrected chi connectivity index (χ3v) is 9.74. The number of allylic oxidation sites excluding steroid dienone is 5. The van der Waals surface area contributed by atoms with Gasteiger partial charge in [0.25, 0.3) is 0 Å². The summed E-state index contributed by atoms with van der Waals surface area (Å²) in [6.45, 7) is 2.20. The highest BCUT2D eigenvalue weighted by atomic mass is 15.3. The fraction of sp³-hybridized carbons (Fsp3) is 0.140. The van der Waals surface area contributed by atoms with Crippen molar-refractivity contribution in [1.29, 1.82) is 0 Å². The smallest absolute Gasteiger partial charge is 0.146 e. The molecule has 2 aliphatic heterocycles. The van der Waals surface area contributed by atoms with Gasteiger partial charge in [0.1, 0.15) is 12.3 Å². The number of nitrogens with two attached hydrogens (primary N) is 2. The van der Waals surface area contributed by atoms with Crippen molar-refractivity contribution >= 4 is 34.1 Å². The van der Waals surface area contributed by atoms with E-state index in [-0.39, 0.29) is 12.3 Å². The number of fused-ring (bicyclic) bond motifs is 1. The van der Waals surface area contributed by atoms with Crippen LogP contribution in [0.2, 0.25) is 0 Å². The molecule has 3 aliphatic rings. The molecule has 5 aromatic rings. The molecule has 6 nitrogen and oxygen atoms in total. The van der Waals surface area contributed by atoms with E-state index in [9.17, 15) is 0 Å². The Morgan fingerprint density at radius 2 is 1.47 bits per heavy atom. The van der Waals surface area contributed by atoms with Crippen LogP contribution in [0.15, 0.2) is 156 Å². The molecule has 0 aromatic heterocycles. The van der Waals surface area contributed by atoms with Crippen LogP contribution in [-0.2, 0) is 0 Å². The summed E-state index contributed by atoms with van der Waals surface area (Å²) in [5.41, 5.74) is 27.7. The lowest BCUT2D eigenvalue weighted by atomic mass is 9.91. The van der Waals surface area contributed by atoms with Crippen molar-refractivity contribution in [2.45, 2.75) is 38.5 Å². The fourth-order valence-corrected chi connectivity index (χ4v) is 7.19. The van der Waals surface area contributed by atoms with Gasteiger partial charge in [-0.3, -0.25) is 4.99 Å². The maximum Gasteiger partial charge on any atom is 0.146 e. The number of hydrogen-bond donors (Lipinski definition) is 4. The zero-order valence-electron chi connectivity index (χ0n) is 27.6. The number of nitrogens with zero attached hydrogens (tertiary/aromatic N) is 2. The summed E-state index contributed by atoms with van der Waals surface area (Å²) in [4.78, 5) is 7.61. The van der Waals surface area contributed by atoms with Gasteiger partial charge in [0, 0.05) is 28.1 Å². The molecule has 0 amide bonds. The molecule has 0 saturated heterocycles. The van der Waals surface area contributed by atoms with Gasteiger partial charge in [0.2, 0.25) is 0 Å². The Hall–Kier alpha value is -6.01. The summed E-state index contributed by atoms with van der Waals surface area (Å²) in [5.74, 6) is 0. The Labute approximate surface area is 288 Å². The number of benzene rings is 5. The second kappa shape index (κ2) is 12.9. The number of rotatable bonds is 7. The molecule has 49 heavy (non-hydrogen) atoms. The highest BCUT2D eigenvalue weighted by molar-refractivity contribution is 6.10. The molecule has 2 atom stereocenters. The molecule has 2 heterocycles. The third kappa shape index (κ3) is 5.65. The molecule has 6 N–H and O–H groups in total. The first-order valence-electron chi connectivity index (χ1n) is 17.1. The minimum Gasteiger partial charge on any atom is -0.397 e. The zero-order valence-corrected chi connectivity index (χ0v) is 27.6. The van der Waals surface area contributed by atoms with Gasteiger partial charge < -0.3 is 27.0 Å². The monoisotopic (exact) mass is 640 g/mol. The molecule has 0 spiro atoms. The van der Waals surface area contributed by atoms with Gasteiger partial charge >= 0.3 is 0 Å². The van der Waals surface area contributed by atoms with Crippen LogP contribution in [-0.4, -0.2) is 11.9 Å². The van der Waals surface area contributed by atoms with Crippen molar-refractivity contribution in [1.82, 2.24) is 5.32 Å². The molecule has 2 unspecified atom stereocenters. The maximum atomic E-state index is 6.91. The van der Waals surface area contributed by atoms with E-state index in [0.29, 0.717) is 11.4 Å². The van der Waals surface area contributed by atoms with E-state index in [1.54, 1.807) is 0 Å². The number of nitrogens with one attached hydrogen (secondary N) is 2. The maximum absolute atomic E-state index is 6.91. The number of hydrogen-bond acceptors (Lipinski definition) is 6. The number of nitrogen functional groups attached to an aromatic ring is 2. The second-order valence-electron chi connectivity index (χ2n) is 12.7. The van der Waals surface area contributed by atoms with Gasteiger partial charge in [-0.1, -0.05) is 116 Å². The predicted molar refractivity (Wildman–Crippen MR) is 206 cm³/mol. The molecule has 242 valence electrons. The molecule has 0 radical (unpaired) electrons. The van der Waals surface area contributed by atoms with Gasteiger partial charge in [-0.25, -0.2) is 0 Å². The summed E-state index contributed by atoms with van der Waals surface area (Å²) < 4.78 is 0. The van der Waals surface area contributed by atoms with Crippen LogP contribution in [0.3, 0.4) is 0 Å². The first-order chi connectivity index (χ1) is 24.1. The number of para-hydroxylation sites is 2. The molecule has 0 bridgehead atoms. The van der Waals surface area contributed by atoms with E-state index in [2.05, 4.69) is 150 Å². The molecule has 0 fully saturated rings. The van der Waals surface area contributed by atoms with Gasteiger partial charge in [0.15, 0.2) is 0 Å². The Kier molecular flexibility index (Phi) is 7.98. The minimum absolute atomic E-state index is 0.206. The fourth-order valence-electron chi connectivity index (χ4n) is 7.19.